The number of hydrogen-bond acceptors (Lipinski definition) is 1. The second kappa shape index (κ2) is 3.54. The molecule has 0 bridgehead atoms. The van der Waals surface area contributed by atoms with E-state index in [-0.39, 0.29) is 12.0 Å². The Labute approximate surface area is 76.8 Å². The molecule has 2 rings (SSSR count). The highest BCUT2D eigenvalue weighted by atomic mass is 19.1. The fourth-order valence-electron chi connectivity index (χ4n) is 1.34. The van der Waals surface area contributed by atoms with Crippen LogP contribution in [-0.4, -0.2) is 0 Å². The van der Waals surface area contributed by atoms with Crippen LogP contribution in [-0.2, 0) is 0 Å². The maximum absolute atomic E-state index is 12.7. The van der Waals surface area contributed by atoms with Crippen LogP contribution < -0.4 is 6.15 Å². The molecule has 0 radical (unpaired) electrons. The third-order valence-electron chi connectivity index (χ3n) is 1.96. The molecule has 0 saturated carbocycles. The molecule has 13 heavy (non-hydrogen) atoms. The number of aryl methyl sites for hydroxylation is 1. The van der Waals surface area contributed by atoms with Gasteiger partial charge in [0, 0.05) is 0 Å². The average Bonchev–Trinajstić information content (AvgIpc) is 2.05. The predicted molar refractivity (Wildman–Crippen MR) is 53.7 cm³/mol. The first kappa shape index (κ1) is 9.68. The smallest absolute Gasteiger partial charge is 0.123 e. The first-order valence-electron chi connectivity index (χ1n) is 3.92. The van der Waals surface area contributed by atoms with E-state index < -0.39 is 0 Å². The van der Waals surface area contributed by atoms with Crippen LogP contribution >= 0.6 is 0 Å². The Morgan fingerprint density at radius 3 is 2.31 bits per heavy atom. The summed E-state index contributed by atoms with van der Waals surface area (Å²) < 4.78 is 12.7. The van der Waals surface area contributed by atoms with Gasteiger partial charge in [-0.15, -0.1) is 0 Å². The van der Waals surface area contributed by atoms with Crippen LogP contribution in [0.25, 0.3) is 10.8 Å². The highest BCUT2D eigenvalue weighted by Gasteiger charge is 1.94. The van der Waals surface area contributed by atoms with Crippen molar-refractivity contribution in [1.29, 1.82) is 0 Å². The van der Waals surface area contributed by atoms with E-state index in [1.165, 1.54) is 11.6 Å². The first-order valence-corrected chi connectivity index (χ1v) is 3.92. The second-order valence-electron chi connectivity index (χ2n) is 2.99. The number of fused-ring (bicyclic) bond motifs is 1. The van der Waals surface area contributed by atoms with Crippen molar-refractivity contribution in [2.24, 2.45) is 0 Å². The Morgan fingerprint density at radius 1 is 0.923 bits per heavy atom. The Morgan fingerprint density at radius 2 is 1.54 bits per heavy atom. The van der Waals surface area contributed by atoms with Crippen LogP contribution in [0, 0.1) is 12.7 Å². The highest BCUT2D eigenvalue weighted by Crippen LogP contribution is 2.16. The zero-order valence-corrected chi connectivity index (χ0v) is 7.55. The fourth-order valence-corrected chi connectivity index (χ4v) is 1.34. The third-order valence-corrected chi connectivity index (χ3v) is 1.96. The molecule has 3 N–H and O–H groups in total. The normalized spacial score (nSPS) is 9.69. The van der Waals surface area contributed by atoms with E-state index in [0.717, 1.165) is 10.8 Å². The quantitative estimate of drug-likeness (QED) is 0.657. The summed E-state index contributed by atoms with van der Waals surface area (Å²) in [6.45, 7) is 2.03. The summed E-state index contributed by atoms with van der Waals surface area (Å²) in [5.74, 6) is -0.175. The van der Waals surface area contributed by atoms with Gasteiger partial charge in [-0.2, -0.15) is 0 Å². The molecule has 0 atom stereocenters. The second-order valence-corrected chi connectivity index (χ2v) is 2.99. The lowest BCUT2D eigenvalue weighted by Gasteiger charge is -1.98. The molecule has 0 fully saturated rings. The van der Waals surface area contributed by atoms with E-state index in [1.54, 1.807) is 12.1 Å². The minimum absolute atomic E-state index is 0. The molecule has 0 saturated heterocycles. The van der Waals surface area contributed by atoms with E-state index in [0.29, 0.717) is 0 Å². The van der Waals surface area contributed by atoms with E-state index >= 15 is 0 Å². The van der Waals surface area contributed by atoms with Gasteiger partial charge in [-0.25, -0.2) is 4.39 Å². The fraction of sp³-hybridized carbons (Fsp3) is 0.0909. The SMILES string of the molecule is Cc1ccc2cc(F)ccc2c1.N. The van der Waals surface area contributed by atoms with Crippen LogP contribution in [0.5, 0.6) is 0 Å². The summed E-state index contributed by atoms with van der Waals surface area (Å²) >= 11 is 0. The van der Waals surface area contributed by atoms with Crippen molar-refractivity contribution in [2.45, 2.75) is 6.92 Å². The molecular weight excluding hydrogens is 165 g/mol. The predicted octanol–water partition coefficient (Wildman–Crippen LogP) is 3.45. The van der Waals surface area contributed by atoms with E-state index in [9.17, 15) is 4.39 Å². The molecule has 2 aromatic carbocycles. The molecule has 0 aromatic heterocycles. The van der Waals surface area contributed by atoms with Gasteiger partial charge in [0.15, 0.2) is 0 Å². The Kier molecular flexibility index (Phi) is 2.63. The molecule has 0 amide bonds. The summed E-state index contributed by atoms with van der Waals surface area (Å²) in [6, 6.07) is 10.8. The van der Waals surface area contributed by atoms with Crippen LogP contribution in [0.1, 0.15) is 5.56 Å². The monoisotopic (exact) mass is 177 g/mol. The molecule has 0 spiro atoms. The standard InChI is InChI=1S/C11H9F.H3N/c1-8-2-3-10-7-11(12)5-4-9(10)6-8;/h2-7H,1H3;1H3. The Bertz CT molecular complexity index is 382. The van der Waals surface area contributed by atoms with Crippen molar-refractivity contribution in [3.8, 4) is 0 Å². The van der Waals surface area contributed by atoms with Crippen molar-refractivity contribution >= 4 is 10.8 Å². The molecule has 0 heterocycles. The lowest BCUT2D eigenvalue weighted by atomic mass is 10.1. The van der Waals surface area contributed by atoms with Gasteiger partial charge in [0.25, 0.3) is 0 Å². The van der Waals surface area contributed by atoms with Crippen molar-refractivity contribution in [1.82, 2.24) is 6.15 Å². The van der Waals surface area contributed by atoms with E-state index in [4.69, 9.17) is 0 Å². The maximum atomic E-state index is 12.7. The molecule has 2 heteroatoms. The van der Waals surface area contributed by atoms with Gasteiger partial charge in [-0.05, 0) is 29.8 Å². The summed E-state index contributed by atoms with van der Waals surface area (Å²) in [5, 5.41) is 2.05. The van der Waals surface area contributed by atoms with Crippen LogP contribution in [0.2, 0.25) is 0 Å². The van der Waals surface area contributed by atoms with Gasteiger partial charge in [0.05, 0.1) is 0 Å². The summed E-state index contributed by atoms with van der Waals surface area (Å²) in [7, 11) is 0. The summed E-state index contributed by atoms with van der Waals surface area (Å²) in [4.78, 5) is 0. The number of halogens is 1. The van der Waals surface area contributed by atoms with Crippen molar-refractivity contribution in [3.05, 3.63) is 47.8 Å². The molecule has 68 valence electrons. The van der Waals surface area contributed by atoms with Gasteiger partial charge in [0.1, 0.15) is 5.82 Å². The van der Waals surface area contributed by atoms with Gasteiger partial charge >= 0.3 is 0 Å². The van der Waals surface area contributed by atoms with Crippen LogP contribution in [0.3, 0.4) is 0 Å². The Hall–Kier alpha value is -1.41. The van der Waals surface area contributed by atoms with Crippen molar-refractivity contribution in [2.75, 3.05) is 0 Å². The number of hydrogen-bond donors (Lipinski definition) is 1. The molecular formula is C11H12FN. The number of rotatable bonds is 0. The molecule has 2 aromatic rings. The lowest BCUT2D eigenvalue weighted by molar-refractivity contribution is 0.630. The van der Waals surface area contributed by atoms with Gasteiger partial charge in [-0.1, -0.05) is 29.8 Å². The average molecular weight is 177 g/mol. The Balaban J connectivity index is 0.000000845. The summed E-state index contributed by atoms with van der Waals surface area (Å²) in [6.07, 6.45) is 0. The van der Waals surface area contributed by atoms with Gasteiger partial charge in [-0.3, -0.25) is 0 Å². The maximum Gasteiger partial charge on any atom is 0.123 e. The van der Waals surface area contributed by atoms with Crippen LogP contribution in [0.15, 0.2) is 36.4 Å². The largest absolute Gasteiger partial charge is 0.344 e. The highest BCUT2D eigenvalue weighted by molar-refractivity contribution is 5.83. The molecule has 1 nitrogen and oxygen atoms in total. The zero-order chi connectivity index (χ0) is 8.55. The van der Waals surface area contributed by atoms with E-state index in [2.05, 4.69) is 6.07 Å². The zero-order valence-electron chi connectivity index (χ0n) is 7.55. The lowest BCUT2D eigenvalue weighted by Crippen LogP contribution is -1.77. The topological polar surface area (TPSA) is 35.0 Å². The minimum Gasteiger partial charge on any atom is -0.344 e. The summed E-state index contributed by atoms with van der Waals surface area (Å²) in [5.41, 5.74) is 1.20. The number of benzene rings is 2. The van der Waals surface area contributed by atoms with Crippen molar-refractivity contribution < 1.29 is 4.39 Å². The van der Waals surface area contributed by atoms with Gasteiger partial charge < -0.3 is 6.15 Å². The third kappa shape index (κ3) is 1.84. The first-order chi connectivity index (χ1) is 5.75. The molecule has 0 aliphatic carbocycles. The molecule has 0 unspecified atom stereocenters. The molecule has 0 aliphatic rings. The minimum atomic E-state index is -0.175. The molecule has 0 aliphatic heterocycles. The van der Waals surface area contributed by atoms with Crippen LogP contribution in [0.4, 0.5) is 4.39 Å². The van der Waals surface area contributed by atoms with Crippen molar-refractivity contribution in [3.63, 3.8) is 0 Å². The van der Waals surface area contributed by atoms with E-state index in [1.807, 2.05) is 19.1 Å². The van der Waals surface area contributed by atoms with Gasteiger partial charge in [0.2, 0.25) is 0 Å².